The number of phosphoric ester groups is 1. The molecule has 0 bridgehead atoms. The first kappa shape index (κ1) is 27.7. The maximum atomic E-state index is 10.0. The molecule has 0 aromatic rings. The van der Waals surface area contributed by atoms with E-state index in [4.69, 9.17) is 30.2 Å². The summed E-state index contributed by atoms with van der Waals surface area (Å²) < 4.78 is 14.2. The van der Waals surface area contributed by atoms with E-state index in [1.54, 1.807) is 0 Å². The summed E-state index contributed by atoms with van der Waals surface area (Å²) in [7, 11) is -4.22. The molecule has 0 fully saturated rings. The predicted octanol–water partition coefficient (Wildman–Crippen LogP) is -2.13. The lowest BCUT2D eigenvalue weighted by molar-refractivity contribution is 0.177. The second kappa shape index (κ2) is 21.9. The second-order valence-electron chi connectivity index (χ2n) is 4.57. The smallest absolute Gasteiger partial charge is 0.395 e. The molecule has 0 rings (SSSR count). The highest BCUT2D eigenvalue weighted by Crippen LogP contribution is 2.35. The van der Waals surface area contributed by atoms with Crippen molar-refractivity contribution in [2.24, 2.45) is 5.92 Å². The number of phosphoric acid groups is 1. The highest BCUT2D eigenvalue weighted by Gasteiger charge is 2.13. The standard InChI is InChI=1S/2C4H11NO2.C4H11O4P/c2*6-3-1-5-2-4-7;1-4(2)3-8-9(5,6)7/h2*5-7H,1-4H2;4H,3H2,1-2H3,(H2,5,6,7). The number of aliphatic hydroxyl groups is 4. The van der Waals surface area contributed by atoms with Crippen molar-refractivity contribution in [2.45, 2.75) is 13.8 Å². The number of hydrogen-bond donors (Lipinski definition) is 8. The van der Waals surface area contributed by atoms with Gasteiger partial charge in [0.05, 0.1) is 33.0 Å². The topological polar surface area (TPSA) is 172 Å². The summed E-state index contributed by atoms with van der Waals surface area (Å²) in [6.07, 6.45) is 0. The summed E-state index contributed by atoms with van der Waals surface area (Å²) in [5.74, 6) is 0.151. The second-order valence-corrected chi connectivity index (χ2v) is 5.81. The van der Waals surface area contributed by atoms with Gasteiger partial charge in [-0.1, -0.05) is 13.8 Å². The summed E-state index contributed by atoms with van der Waals surface area (Å²) in [5, 5.41) is 38.2. The molecule has 10 nitrogen and oxygen atoms in total. The molecule has 8 N–H and O–H groups in total. The molecule has 0 aliphatic carbocycles. The molecule has 23 heavy (non-hydrogen) atoms. The van der Waals surface area contributed by atoms with Crippen LogP contribution in [-0.4, -0.2) is 89.4 Å². The first-order valence-electron chi connectivity index (χ1n) is 7.30. The molecule has 0 aliphatic heterocycles. The van der Waals surface area contributed by atoms with Gasteiger partial charge >= 0.3 is 7.82 Å². The van der Waals surface area contributed by atoms with Gasteiger partial charge in [-0.05, 0) is 5.92 Å². The lowest BCUT2D eigenvalue weighted by Gasteiger charge is -2.06. The summed E-state index contributed by atoms with van der Waals surface area (Å²) >= 11 is 0. The van der Waals surface area contributed by atoms with Gasteiger partial charge in [-0.25, -0.2) is 4.57 Å². The van der Waals surface area contributed by atoms with E-state index in [0.717, 1.165) is 0 Å². The van der Waals surface area contributed by atoms with E-state index < -0.39 is 7.82 Å². The molecule has 0 aromatic heterocycles. The quantitative estimate of drug-likeness (QED) is 0.150. The minimum atomic E-state index is -4.22. The Balaban J connectivity index is -0.000000264. The van der Waals surface area contributed by atoms with E-state index in [-0.39, 0.29) is 39.0 Å². The largest absolute Gasteiger partial charge is 0.469 e. The van der Waals surface area contributed by atoms with Gasteiger partial charge in [0.25, 0.3) is 0 Å². The van der Waals surface area contributed by atoms with Gasteiger partial charge in [-0.2, -0.15) is 0 Å². The minimum absolute atomic E-state index is 0.101. The molecule has 0 spiro atoms. The van der Waals surface area contributed by atoms with Crippen LogP contribution in [0.2, 0.25) is 0 Å². The van der Waals surface area contributed by atoms with Gasteiger partial charge in [-0.3, -0.25) is 4.52 Å². The Morgan fingerprint density at radius 2 is 1.13 bits per heavy atom. The molecule has 0 saturated heterocycles. The van der Waals surface area contributed by atoms with Crippen LogP contribution in [0.4, 0.5) is 0 Å². The Kier molecular flexibility index (Phi) is 26.3. The van der Waals surface area contributed by atoms with Crippen LogP contribution in [0.15, 0.2) is 0 Å². The van der Waals surface area contributed by atoms with E-state index in [1.165, 1.54) is 0 Å². The Morgan fingerprint density at radius 3 is 1.26 bits per heavy atom. The van der Waals surface area contributed by atoms with Crippen molar-refractivity contribution in [3.05, 3.63) is 0 Å². The number of hydrogen-bond acceptors (Lipinski definition) is 8. The van der Waals surface area contributed by atoms with Crippen molar-refractivity contribution in [1.29, 1.82) is 0 Å². The maximum absolute atomic E-state index is 10.0. The van der Waals surface area contributed by atoms with Crippen molar-refractivity contribution in [3.63, 3.8) is 0 Å². The summed E-state index contributed by atoms with van der Waals surface area (Å²) in [6.45, 7) is 6.57. The van der Waals surface area contributed by atoms with Crippen LogP contribution in [0.1, 0.15) is 13.8 Å². The molecule has 0 unspecified atom stereocenters. The molecule has 144 valence electrons. The van der Waals surface area contributed by atoms with E-state index in [1.807, 2.05) is 13.8 Å². The van der Waals surface area contributed by atoms with Crippen LogP contribution in [0.3, 0.4) is 0 Å². The predicted molar refractivity (Wildman–Crippen MR) is 86.9 cm³/mol. The lowest BCUT2D eigenvalue weighted by Crippen LogP contribution is -2.21. The highest BCUT2D eigenvalue weighted by molar-refractivity contribution is 7.46. The Morgan fingerprint density at radius 1 is 0.826 bits per heavy atom. The number of rotatable bonds is 11. The van der Waals surface area contributed by atoms with Crippen LogP contribution in [0.25, 0.3) is 0 Å². The zero-order chi connectivity index (χ0) is 18.6. The van der Waals surface area contributed by atoms with Crippen molar-refractivity contribution >= 4 is 7.82 Å². The van der Waals surface area contributed by atoms with Crippen molar-refractivity contribution in [1.82, 2.24) is 10.6 Å². The fourth-order valence-corrected chi connectivity index (χ4v) is 1.30. The molecular weight excluding hydrogens is 331 g/mol. The first-order valence-corrected chi connectivity index (χ1v) is 8.83. The monoisotopic (exact) mass is 364 g/mol. The van der Waals surface area contributed by atoms with E-state index in [0.29, 0.717) is 26.2 Å². The third kappa shape index (κ3) is 44.9. The zero-order valence-electron chi connectivity index (χ0n) is 13.9. The molecule has 0 aliphatic rings. The Labute approximate surface area is 137 Å². The van der Waals surface area contributed by atoms with Crippen molar-refractivity contribution < 1.29 is 39.3 Å². The molecule has 0 amide bonds. The van der Waals surface area contributed by atoms with Crippen molar-refractivity contribution in [2.75, 3.05) is 59.2 Å². The first-order chi connectivity index (χ1) is 10.7. The van der Waals surface area contributed by atoms with E-state index >= 15 is 0 Å². The summed E-state index contributed by atoms with van der Waals surface area (Å²) in [4.78, 5) is 16.3. The third-order valence-corrected chi connectivity index (χ3v) is 2.22. The van der Waals surface area contributed by atoms with Gasteiger partial charge in [0.1, 0.15) is 0 Å². The SMILES string of the molecule is CC(C)COP(=O)(O)O.OCCNCCO.OCCNCCO. The highest BCUT2D eigenvalue weighted by atomic mass is 31.2. The Hall–Kier alpha value is -0.130. The maximum Gasteiger partial charge on any atom is 0.469 e. The van der Waals surface area contributed by atoms with Crippen molar-refractivity contribution in [3.8, 4) is 0 Å². The summed E-state index contributed by atoms with van der Waals surface area (Å²) in [6, 6.07) is 0. The van der Waals surface area contributed by atoms with Gasteiger partial charge < -0.3 is 40.8 Å². The third-order valence-electron chi connectivity index (χ3n) is 1.73. The van der Waals surface area contributed by atoms with Gasteiger partial charge in [0.2, 0.25) is 0 Å². The molecule has 0 heterocycles. The van der Waals surface area contributed by atoms with Crippen LogP contribution in [-0.2, 0) is 9.09 Å². The summed E-state index contributed by atoms with van der Waals surface area (Å²) in [5.41, 5.74) is 0. The number of aliphatic hydroxyl groups excluding tert-OH is 4. The normalized spacial score (nSPS) is 10.7. The van der Waals surface area contributed by atoms with Crippen LogP contribution in [0, 0.1) is 5.92 Å². The molecule has 11 heteroatoms. The minimum Gasteiger partial charge on any atom is -0.395 e. The van der Waals surface area contributed by atoms with E-state index in [2.05, 4.69) is 15.2 Å². The Bertz CT molecular complexity index is 235. The fraction of sp³-hybridized carbons (Fsp3) is 1.00. The van der Waals surface area contributed by atoms with Gasteiger partial charge in [-0.15, -0.1) is 0 Å². The zero-order valence-corrected chi connectivity index (χ0v) is 14.8. The van der Waals surface area contributed by atoms with Crippen LogP contribution >= 0.6 is 7.82 Å². The molecular formula is C12H33N2O8P. The van der Waals surface area contributed by atoms with Crippen LogP contribution < -0.4 is 10.6 Å². The molecule has 0 atom stereocenters. The molecule has 0 aromatic carbocycles. The number of nitrogens with one attached hydrogen (secondary N) is 2. The van der Waals surface area contributed by atoms with Gasteiger partial charge in [0.15, 0.2) is 0 Å². The van der Waals surface area contributed by atoms with Crippen LogP contribution in [0.5, 0.6) is 0 Å². The molecule has 0 saturated carbocycles. The van der Waals surface area contributed by atoms with E-state index in [9.17, 15) is 4.57 Å². The average molecular weight is 364 g/mol. The van der Waals surface area contributed by atoms with Gasteiger partial charge in [0, 0.05) is 26.2 Å². The molecule has 0 radical (unpaired) electrons. The average Bonchev–Trinajstić information content (AvgIpc) is 2.47. The fourth-order valence-electron chi connectivity index (χ4n) is 0.812. The lowest BCUT2D eigenvalue weighted by atomic mass is 10.2.